The van der Waals surface area contributed by atoms with Crippen LogP contribution in [0.1, 0.15) is 12.0 Å². The average molecular weight is 360 g/mol. The monoisotopic (exact) mass is 360 g/mol. The van der Waals surface area contributed by atoms with Gasteiger partial charge in [-0.05, 0) is 43.2 Å². The predicted octanol–water partition coefficient (Wildman–Crippen LogP) is 2.55. The number of carbonyl (C=O) groups is 1. The molecule has 0 atom stereocenters. The van der Waals surface area contributed by atoms with Gasteiger partial charge in [-0.3, -0.25) is 9.10 Å². The zero-order valence-corrected chi connectivity index (χ0v) is 14.8. The van der Waals surface area contributed by atoms with Crippen molar-refractivity contribution < 1.29 is 17.9 Å². The van der Waals surface area contributed by atoms with Crippen LogP contribution in [-0.4, -0.2) is 33.2 Å². The molecule has 0 spiro atoms. The highest BCUT2D eigenvalue weighted by Gasteiger charge is 2.29. The van der Waals surface area contributed by atoms with E-state index in [1.807, 2.05) is 25.1 Å². The van der Waals surface area contributed by atoms with Gasteiger partial charge in [0.05, 0.1) is 11.4 Å². The van der Waals surface area contributed by atoms with Gasteiger partial charge in [-0.25, -0.2) is 8.42 Å². The SMILES string of the molecule is Cc1ccc(NC(=O)COc2ccccc2)cc1N1CCCS1(=O)=O. The standard InChI is InChI=1S/C18H20N2O4S/c1-14-8-9-15(12-17(14)20-10-5-11-25(20,22)23)19-18(21)13-24-16-6-3-2-4-7-16/h2-4,6-9,12H,5,10-11,13H2,1H3,(H,19,21). The molecule has 1 aliphatic heterocycles. The van der Waals surface area contributed by atoms with Gasteiger partial charge in [0.25, 0.3) is 5.91 Å². The molecule has 2 aromatic rings. The fourth-order valence-corrected chi connectivity index (χ4v) is 4.35. The first-order valence-electron chi connectivity index (χ1n) is 8.04. The predicted molar refractivity (Wildman–Crippen MR) is 97.5 cm³/mol. The zero-order valence-electron chi connectivity index (χ0n) is 13.9. The number of rotatable bonds is 5. The smallest absolute Gasteiger partial charge is 0.262 e. The first-order chi connectivity index (χ1) is 12.0. The number of hydrogen-bond donors (Lipinski definition) is 1. The van der Waals surface area contributed by atoms with Gasteiger partial charge in [-0.1, -0.05) is 24.3 Å². The van der Waals surface area contributed by atoms with Crippen molar-refractivity contribution in [1.82, 2.24) is 0 Å². The fourth-order valence-electron chi connectivity index (χ4n) is 2.73. The summed E-state index contributed by atoms with van der Waals surface area (Å²) in [5.74, 6) is 0.474. The van der Waals surface area contributed by atoms with Gasteiger partial charge in [-0.15, -0.1) is 0 Å². The molecule has 1 heterocycles. The van der Waals surface area contributed by atoms with Crippen LogP contribution in [0, 0.1) is 6.92 Å². The lowest BCUT2D eigenvalue weighted by molar-refractivity contribution is -0.118. The summed E-state index contributed by atoms with van der Waals surface area (Å²) in [6.07, 6.45) is 0.614. The number of hydrogen-bond acceptors (Lipinski definition) is 4. The average Bonchev–Trinajstić information content (AvgIpc) is 2.95. The van der Waals surface area contributed by atoms with Crippen LogP contribution in [0.5, 0.6) is 5.75 Å². The van der Waals surface area contributed by atoms with E-state index in [2.05, 4.69) is 5.32 Å². The molecule has 1 N–H and O–H groups in total. The van der Waals surface area contributed by atoms with Crippen molar-refractivity contribution in [3.8, 4) is 5.75 Å². The van der Waals surface area contributed by atoms with E-state index < -0.39 is 10.0 Å². The lowest BCUT2D eigenvalue weighted by Gasteiger charge is -2.20. The van der Waals surface area contributed by atoms with Gasteiger partial charge in [0.1, 0.15) is 5.75 Å². The third-order valence-corrected chi connectivity index (χ3v) is 5.83. The Balaban J connectivity index is 1.69. The Labute approximate surface area is 147 Å². The summed E-state index contributed by atoms with van der Waals surface area (Å²) in [5.41, 5.74) is 2.01. The quantitative estimate of drug-likeness (QED) is 0.889. The molecule has 0 aliphatic carbocycles. The van der Waals surface area contributed by atoms with Gasteiger partial charge in [-0.2, -0.15) is 0 Å². The topological polar surface area (TPSA) is 75.7 Å². The summed E-state index contributed by atoms with van der Waals surface area (Å²) in [6, 6.07) is 14.3. The van der Waals surface area contributed by atoms with Crippen LogP contribution in [0.25, 0.3) is 0 Å². The molecule has 0 radical (unpaired) electrons. The second-order valence-electron chi connectivity index (χ2n) is 5.89. The molecular weight excluding hydrogens is 340 g/mol. The van der Waals surface area contributed by atoms with Crippen LogP contribution in [0.4, 0.5) is 11.4 Å². The van der Waals surface area contributed by atoms with Crippen molar-refractivity contribution in [3.05, 3.63) is 54.1 Å². The number of benzene rings is 2. The maximum absolute atomic E-state index is 12.1. The summed E-state index contributed by atoms with van der Waals surface area (Å²) in [6.45, 7) is 2.21. The molecule has 0 saturated carbocycles. The summed E-state index contributed by atoms with van der Waals surface area (Å²) in [7, 11) is -3.26. The van der Waals surface area contributed by atoms with Crippen molar-refractivity contribution in [2.75, 3.05) is 28.5 Å². The van der Waals surface area contributed by atoms with Gasteiger partial charge in [0, 0.05) is 12.2 Å². The van der Waals surface area contributed by atoms with E-state index in [-0.39, 0.29) is 18.3 Å². The molecule has 7 heteroatoms. The Hall–Kier alpha value is -2.54. The number of nitrogens with zero attached hydrogens (tertiary/aromatic N) is 1. The Kier molecular flexibility index (Phi) is 4.94. The highest BCUT2D eigenvalue weighted by molar-refractivity contribution is 7.93. The zero-order chi connectivity index (χ0) is 17.9. The Morgan fingerprint density at radius 3 is 2.64 bits per heavy atom. The van der Waals surface area contributed by atoms with Crippen LogP contribution < -0.4 is 14.4 Å². The molecule has 1 aliphatic rings. The number of carbonyl (C=O) groups excluding carboxylic acids is 1. The molecule has 0 aromatic heterocycles. The Bertz CT molecular complexity index is 866. The molecule has 2 aromatic carbocycles. The Morgan fingerprint density at radius 2 is 1.96 bits per heavy atom. The van der Waals surface area contributed by atoms with Crippen LogP contribution in [0.2, 0.25) is 0 Å². The maximum Gasteiger partial charge on any atom is 0.262 e. The van der Waals surface area contributed by atoms with E-state index in [0.29, 0.717) is 30.1 Å². The lowest BCUT2D eigenvalue weighted by atomic mass is 10.1. The minimum atomic E-state index is -3.26. The molecule has 1 amide bonds. The minimum absolute atomic E-state index is 0.116. The summed E-state index contributed by atoms with van der Waals surface area (Å²) in [5, 5.41) is 2.75. The van der Waals surface area contributed by atoms with E-state index in [9.17, 15) is 13.2 Å². The Morgan fingerprint density at radius 1 is 1.20 bits per heavy atom. The maximum atomic E-state index is 12.1. The van der Waals surface area contributed by atoms with Gasteiger partial charge in [0.15, 0.2) is 6.61 Å². The number of nitrogens with one attached hydrogen (secondary N) is 1. The van der Waals surface area contributed by atoms with Crippen molar-refractivity contribution in [2.45, 2.75) is 13.3 Å². The molecule has 6 nitrogen and oxygen atoms in total. The number of sulfonamides is 1. The third kappa shape index (κ3) is 4.11. The van der Waals surface area contributed by atoms with Crippen LogP contribution >= 0.6 is 0 Å². The van der Waals surface area contributed by atoms with Crippen LogP contribution in [-0.2, 0) is 14.8 Å². The van der Waals surface area contributed by atoms with E-state index in [4.69, 9.17) is 4.74 Å². The third-order valence-electron chi connectivity index (χ3n) is 3.97. The van der Waals surface area contributed by atoms with Gasteiger partial charge >= 0.3 is 0 Å². The highest BCUT2D eigenvalue weighted by Crippen LogP contribution is 2.30. The van der Waals surface area contributed by atoms with Crippen LogP contribution in [0.15, 0.2) is 48.5 Å². The van der Waals surface area contributed by atoms with E-state index in [0.717, 1.165) is 5.56 Å². The highest BCUT2D eigenvalue weighted by atomic mass is 32.2. The van der Waals surface area contributed by atoms with Crippen molar-refractivity contribution >= 4 is 27.3 Å². The molecule has 1 saturated heterocycles. The van der Waals surface area contributed by atoms with E-state index in [1.165, 1.54) is 4.31 Å². The number of amides is 1. The summed E-state index contributed by atoms with van der Waals surface area (Å²) in [4.78, 5) is 12.1. The largest absolute Gasteiger partial charge is 0.484 e. The molecular formula is C18H20N2O4S. The van der Waals surface area contributed by atoms with Crippen molar-refractivity contribution in [2.24, 2.45) is 0 Å². The molecule has 0 unspecified atom stereocenters. The first kappa shape index (κ1) is 17.3. The molecule has 3 rings (SSSR count). The lowest BCUT2D eigenvalue weighted by Crippen LogP contribution is -2.26. The van der Waals surface area contributed by atoms with Gasteiger partial charge in [0.2, 0.25) is 10.0 Å². The van der Waals surface area contributed by atoms with E-state index >= 15 is 0 Å². The van der Waals surface area contributed by atoms with Crippen molar-refractivity contribution in [1.29, 1.82) is 0 Å². The first-order valence-corrected chi connectivity index (χ1v) is 9.65. The molecule has 1 fully saturated rings. The van der Waals surface area contributed by atoms with E-state index in [1.54, 1.807) is 30.3 Å². The fraction of sp³-hybridized carbons (Fsp3) is 0.278. The number of anilines is 2. The second kappa shape index (κ2) is 7.14. The normalized spacial score (nSPS) is 15.8. The molecule has 132 valence electrons. The van der Waals surface area contributed by atoms with Crippen molar-refractivity contribution in [3.63, 3.8) is 0 Å². The van der Waals surface area contributed by atoms with Crippen LogP contribution in [0.3, 0.4) is 0 Å². The summed E-state index contributed by atoms with van der Waals surface area (Å²) >= 11 is 0. The number of para-hydroxylation sites is 1. The summed E-state index contributed by atoms with van der Waals surface area (Å²) < 4.78 is 31.1. The number of aryl methyl sites for hydroxylation is 1. The minimum Gasteiger partial charge on any atom is -0.484 e. The molecule has 0 bridgehead atoms. The van der Waals surface area contributed by atoms with Gasteiger partial charge < -0.3 is 10.1 Å². The second-order valence-corrected chi connectivity index (χ2v) is 7.91. The molecule has 25 heavy (non-hydrogen) atoms. The number of ether oxygens (including phenoxy) is 1.